The Labute approximate surface area is 136 Å². The number of carbonyl (C=O) groups is 2. The van der Waals surface area contributed by atoms with Crippen LogP contribution in [-0.2, 0) is 16.1 Å². The average Bonchev–Trinajstić information content (AvgIpc) is 2.88. The van der Waals surface area contributed by atoms with Crippen LogP contribution in [0.15, 0.2) is 6.20 Å². The van der Waals surface area contributed by atoms with Gasteiger partial charge in [-0.05, 0) is 46.1 Å². The number of aromatic amines is 1. The quantitative estimate of drug-likeness (QED) is 0.891. The lowest BCUT2D eigenvalue weighted by Crippen LogP contribution is -2.44. The van der Waals surface area contributed by atoms with Crippen molar-refractivity contribution in [3.8, 4) is 0 Å². The number of nitrogens with zero attached hydrogens (tertiary/aromatic N) is 2. The van der Waals surface area contributed by atoms with Crippen LogP contribution in [0.2, 0.25) is 0 Å². The van der Waals surface area contributed by atoms with Crippen molar-refractivity contribution in [3.63, 3.8) is 0 Å². The SMILES string of the molecule is Cc1cn[nH]c1CNC(=O)C1CCN(C(=O)OC(C)(C)C)CC1. The molecular formula is C16H26N4O3. The third-order valence-corrected chi connectivity index (χ3v) is 3.89. The highest BCUT2D eigenvalue weighted by atomic mass is 16.6. The van der Waals surface area contributed by atoms with E-state index in [1.807, 2.05) is 27.7 Å². The van der Waals surface area contributed by atoms with Crippen LogP contribution < -0.4 is 5.32 Å². The molecule has 1 aliphatic rings. The predicted molar refractivity (Wildman–Crippen MR) is 85.7 cm³/mol. The Morgan fingerprint density at radius 3 is 2.57 bits per heavy atom. The number of hydrogen-bond donors (Lipinski definition) is 2. The average molecular weight is 322 g/mol. The summed E-state index contributed by atoms with van der Waals surface area (Å²) in [6, 6.07) is 0. The van der Waals surface area contributed by atoms with Gasteiger partial charge >= 0.3 is 6.09 Å². The van der Waals surface area contributed by atoms with Crippen LogP contribution in [0, 0.1) is 12.8 Å². The van der Waals surface area contributed by atoms with Gasteiger partial charge in [0, 0.05) is 19.0 Å². The monoisotopic (exact) mass is 322 g/mol. The van der Waals surface area contributed by atoms with E-state index in [4.69, 9.17) is 4.74 Å². The fourth-order valence-corrected chi connectivity index (χ4v) is 2.52. The summed E-state index contributed by atoms with van der Waals surface area (Å²) in [7, 11) is 0. The summed E-state index contributed by atoms with van der Waals surface area (Å²) in [5, 5.41) is 9.74. The maximum absolute atomic E-state index is 12.2. The molecule has 128 valence electrons. The van der Waals surface area contributed by atoms with Crippen molar-refractivity contribution < 1.29 is 14.3 Å². The van der Waals surface area contributed by atoms with E-state index in [9.17, 15) is 9.59 Å². The van der Waals surface area contributed by atoms with Crippen molar-refractivity contribution in [2.45, 2.75) is 52.7 Å². The number of hydrogen-bond acceptors (Lipinski definition) is 4. The highest BCUT2D eigenvalue weighted by Gasteiger charge is 2.29. The number of likely N-dealkylation sites (tertiary alicyclic amines) is 1. The Balaban J connectivity index is 1.76. The number of carbonyl (C=O) groups excluding carboxylic acids is 2. The Morgan fingerprint density at radius 2 is 2.04 bits per heavy atom. The summed E-state index contributed by atoms with van der Waals surface area (Å²) in [5.74, 6) is -0.0280. The highest BCUT2D eigenvalue weighted by molar-refractivity contribution is 5.79. The predicted octanol–water partition coefficient (Wildman–Crippen LogP) is 1.98. The molecule has 1 saturated heterocycles. The van der Waals surface area contributed by atoms with E-state index >= 15 is 0 Å². The van der Waals surface area contributed by atoms with E-state index in [0.717, 1.165) is 11.3 Å². The zero-order chi connectivity index (χ0) is 17.0. The molecule has 0 atom stereocenters. The molecule has 0 bridgehead atoms. The standard InChI is InChI=1S/C16H26N4O3/c1-11-9-18-19-13(11)10-17-14(21)12-5-7-20(8-6-12)15(22)23-16(2,3)4/h9,12H,5-8,10H2,1-4H3,(H,17,21)(H,18,19). The minimum absolute atomic E-state index is 0.0304. The number of aromatic nitrogens is 2. The van der Waals surface area contributed by atoms with E-state index in [1.54, 1.807) is 11.1 Å². The summed E-state index contributed by atoms with van der Waals surface area (Å²) >= 11 is 0. The maximum Gasteiger partial charge on any atom is 0.410 e. The lowest BCUT2D eigenvalue weighted by atomic mass is 9.96. The van der Waals surface area contributed by atoms with Crippen LogP contribution in [-0.4, -0.2) is 45.8 Å². The highest BCUT2D eigenvalue weighted by Crippen LogP contribution is 2.20. The molecule has 7 heteroatoms. The van der Waals surface area contributed by atoms with Gasteiger partial charge in [-0.1, -0.05) is 0 Å². The zero-order valence-corrected chi connectivity index (χ0v) is 14.3. The van der Waals surface area contributed by atoms with Gasteiger partial charge in [0.2, 0.25) is 5.91 Å². The van der Waals surface area contributed by atoms with Crippen molar-refractivity contribution in [3.05, 3.63) is 17.5 Å². The minimum Gasteiger partial charge on any atom is -0.444 e. The second kappa shape index (κ2) is 7.02. The summed E-state index contributed by atoms with van der Waals surface area (Å²) in [6.07, 6.45) is 2.75. The van der Waals surface area contributed by atoms with Crippen molar-refractivity contribution in [1.82, 2.24) is 20.4 Å². The number of ether oxygens (including phenoxy) is 1. The molecule has 2 N–H and O–H groups in total. The summed E-state index contributed by atoms with van der Waals surface area (Å²) in [4.78, 5) is 25.9. The molecule has 1 aromatic rings. The fourth-order valence-electron chi connectivity index (χ4n) is 2.52. The van der Waals surface area contributed by atoms with Crippen molar-refractivity contribution >= 4 is 12.0 Å². The van der Waals surface area contributed by atoms with Crippen LogP contribution in [0.3, 0.4) is 0 Å². The van der Waals surface area contributed by atoms with Crippen LogP contribution in [0.4, 0.5) is 4.79 Å². The number of nitrogens with one attached hydrogen (secondary N) is 2. The van der Waals surface area contributed by atoms with Crippen LogP contribution >= 0.6 is 0 Å². The lowest BCUT2D eigenvalue weighted by molar-refractivity contribution is -0.126. The van der Waals surface area contributed by atoms with E-state index in [1.165, 1.54) is 0 Å². The lowest BCUT2D eigenvalue weighted by Gasteiger charge is -2.32. The molecule has 1 aliphatic heterocycles. The van der Waals surface area contributed by atoms with Crippen LogP contribution in [0.25, 0.3) is 0 Å². The van der Waals surface area contributed by atoms with Crippen molar-refractivity contribution in [2.75, 3.05) is 13.1 Å². The Hall–Kier alpha value is -2.05. The number of H-pyrrole nitrogens is 1. The number of amides is 2. The minimum atomic E-state index is -0.493. The fraction of sp³-hybridized carbons (Fsp3) is 0.688. The van der Waals surface area contributed by atoms with Gasteiger partial charge in [-0.15, -0.1) is 0 Å². The molecule has 1 aromatic heterocycles. The van der Waals surface area contributed by atoms with Gasteiger partial charge < -0.3 is 15.0 Å². The van der Waals surface area contributed by atoms with Gasteiger partial charge in [0.1, 0.15) is 5.60 Å². The number of piperidine rings is 1. The zero-order valence-electron chi connectivity index (χ0n) is 14.3. The maximum atomic E-state index is 12.2. The topological polar surface area (TPSA) is 87.3 Å². The molecule has 0 radical (unpaired) electrons. The normalized spacial score (nSPS) is 16.3. The largest absolute Gasteiger partial charge is 0.444 e. The molecule has 0 spiro atoms. The molecule has 23 heavy (non-hydrogen) atoms. The first kappa shape index (κ1) is 17.3. The third-order valence-electron chi connectivity index (χ3n) is 3.89. The van der Waals surface area contributed by atoms with Gasteiger partial charge in [-0.25, -0.2) is 4.79 Å². The molecule has 0 aromatic carbocycles. The molecular weight excluding hydrogens is 296 g/mol. The molecule has 0 unspecified atom stereocenters. The summed E-state index contributed by atoms with van der Waals surface area (Å²) in [5.41, 5.74) is 1.46. The molecule has 2 heterocycles. The van der Waals surface area contributed by atoms with Gasteiger partial charge in [0.05, 0.1) is 18.4 Å². The summed E-state index contributed by atoms with van der Waals surface area (Å²) < 4.78 is 5.36. The molecule has 2 amide bonds. The second-order valence-corrected chi connectivity index (χ2v) is 6.99. The van der Waals surface area contributed by atoms with Crippen molar-refractivity contribution in [1.29, 1.82) is 0 Å². The molecule has 0 aliphatic carbocycles. The molecule has 7 nitrogen and oxygen atoms in total. The van der Waals surface area contributed by atoms with E-state index < -0.39 is 5.60 Å². The second-order valence-electron chi connectivity index (χ2n) is 6.99. The van der Waals surface area contributed by atoms with E-state index in [2.05, 4.69) is 15.5 Å². The summed E-state index contributed by atoms with van der Waals surface area (Å²) in [6.45, 7) is 9.06. The Bertz CT molecular complexity index is 554. The van der Waals surface area contributed by atoms with Crippen LogP contribution in [0.1, 0.15) is 44.9 Å². The van der Waals surface area contributed by atoms with E-state index in [0.29, 0.717) is 32.5 Å². The molecule has 2 rings (SSSR count). The van der Waals surface area contributed by atoms with E-state index in [-0.39, 0.29) is 17.9 Å². The number of aryl methyl sites for hydroxylation is 1. The third kappa shape index (κ3) is 4.97. The first-order valence-electron chi connectivity index (χ1n) is 8.01. The first-order valence-corrected chi connectivity index (χ1v) is 8.01. The smallest absolute Gasteiger partial charge is 0.410 e. The van der Waals surface area contributed by atoms with Crippen LogP contribution in [0.5, 0.6) is 0 Å². The Kier molecular flexibility index (Phi) is 5.28. The van der Waals surface area contributed by atoms with Gasteiger partial charge in [-0.3, -0.25) is 9.89 Å². The van der Waals surface area contributed by atoms with Gasteiger partial charge in [-0.2, -0.15) is 5.10 Å². The Morgan fingerprint density at radius 1 is 1.39 bits per heavy atom. The van der Waals surface area contributed by atoms with Gasteiger partial charge in [0.15, 0.2) is 0 Å². The first-order chi connectivity index (χ1) is 10.8. The van der Waals surface area contributed by atoms with Gasteiger partial charge in [0.25, 0.3) is 0 Å². The number of rotatable bonds is 3. The molecule has 0 saturated carbocycles. The molecule has 1 fully saturated rings. The van der Waals surface area contributed by atoms with Crippen molar-refractivity contribution in [2.24, 2.45) is 5.92 Å².